The highest BCUT2D eigenvalue weighted by atomic mass is 16.1. The number of hydrogen-bond donors (Lipinski definition) is 3. The summed E-state index contributed by atoms with van der Waals surface area (Å²) >= 11 is 0. The number of nitrogens with one attached hydrogen (secondary N) is 3. The van der Waals surface area contributed by atoms with Gasteiger partial charge in [0.15, 0.2) is 0 Å². The molecule has 2 aromatic heterocycles. The third kappa shape index (κ3) is 2.20. The van der Waals surface area contributed by atoms with Gasteiger partial charge in [0.25, 0.3) is 5.91 Å². The topological polar surface area (TPSA) is 69.8 Å². The number of rotatable bonds is 2. The molecule has 3 heterocycles. The van der Waals surface area contributed by atoms with Crippen LogP contribution in [0, 0.1) is 6.92 Å². The van der Waals surface area contributed by atoms with E-state index < -0.39 is 0 Å². The summed E-state index contributed by atoms with van der Waals surface area (Å²) in [4.78, 5) is 19.9. The number of fused-ring (bicyclic) bond motifs is 2. The second-order valence-electron chi connectivity index (χ2n) is 5.62. The zero-order chi connectivity index (χ0) is 15.1. The molecule has 0 aliphatic carbocycles. The fourth-order valence-electron chi connectivity index (χ4n) is 2.87. The monoisotopic (exact) mass is 292 g/mol. The number of aromatic amines is 1. The maximum Gasteiger partial charge on any atom is 0.255 e. The van der Waals surface area contributed by atoms with Crippen LogP contribution < -0.4 is 10.6 Å². The number of carbonyl (C=O) groups excluding carboxylic acids is 1. The van der Waals surface area contributed by atoms with Crippen molar-refractivity contribution in [2.45, 2.75) is 13.3 Å². The molecule has 0 bridgehead atoms. The molecule has 0 spiro atoms. The molecular formula is C17H16N4O. The van der Waals surface area contributed by atoms with Gasteiger partial charge in [-0.2, -0.15) is 0 Å². The van der Waals surface area contributed by atoms with Crippen LogP contribution in [0.2, 0.25) is 0 Å². The van der Waals surface area contributed by atoms with Crippen LogP contribution in [0.4, 0.5) is 11.4 Å². The van der Waals surface area contributed by atoms with E-state index in [1.54, 1.807) is 6.20 Å². The normalized spacial score (nSPS) is 13.0. The lowest BCUT2D eigenvalue weighted by Gasteiger charge is -2.07. The van der Waals surface area contributed by atoms with Crippen LogP contribution in [-0.2, 0) is 6.42 Å². The van der Waals surface area contributed by atoms with Crippen molar-refractivity contribution >= 4 is 28.3 Å². The molecule has 3 N–H and O–H groups in total. The van der Waals surface area contributed by atoms with E-state index in [2.05, 4.69) is 20.6 Å². The number of aryl methyl sites for hydroxylation is 1. The number of H-pyrrole nitrogens is 1. The number of benzene rings is 1. The highest BCUT2D eigenvalue weighted by Gasteiger charge is 2.14. The molecule has 0 saturated heterocycles. The van der Waals surface area contributed by atoms with Gasteiger partial charge in [0.05, 0.1) is 11.9 Å². The molecule has 0 fully saturated rings. The Hall–Kier alpha value is -2.82. The molecule has 0 saturated carbocycles. The van der Waals surface area contributed by atoms with Gasteiger partial charge in [0, 0.05) is 28.9 Å². The van der Waals surface area contributed by atoms with E-state index >= 15 is 0 Å². The summed E-state index contributed by atoms with van der Waals surface area (Å²) in [7, 11) is 0. The van der Waals surface area contributed by atoms with Gasteiger partial charge in [-0.05, 0) is 49.2 Å². The smallest absolute Gasteiger partial charge is 0.255 e. The highest BCUT2D eigenvalue weighted by Crippen LogP contribution is 2.24. The number of anilines is 2. The molecule has 22 heavy (non-hydrogen) atoms. The quantitative estimate of drug-likeness (QED) is 0.680. The van der Waals surface area contributed by atoms with Gasteiger partial charge >= 0.3 is 0 Å². The maximum absolute atomic E-state index is 12.4. The van der Waals surface area contributed by atoms with E-state index in [1.165, 1.54) is 5.56 Å². The minimum absolute atomic E-state index is 0.108. The lowest BCUT2D eigenvalue weighted by atomic mass is 10.1. The van der Waals surface area contributed by atoms with Gasteiger partial charge in [-0.3, -0.25) is 4.79 Å². The van der Waals surface area contributed by atoms with Crippen molar-refractivity contribution < 1.29 is 4.79 Å². The van der Waals surface area contributed by atoms with Crippen molar-refractivity contribution in [2.24, 2.45) is 0 Å². The molecule has 1 aliphatic rings. The van der Waals surface area contributed by atoms with Gasteiger partial charge in [0.2, 0.25) is 0 Å². The summed E-state index contributed by atoms with van der Waals surface area (Å²) in [5, 5.41) is 7.20. The molecular weight excluding hydrogens is 276 g/mol. The number of amides is 1. The lowest BCUT2D eigenvalue weighted by molar-refractivity contribution is 0.102. The first-order chi connectivity index (χ1) is 10.7. The lowest BCUT2D eigenvalue weighted by Crippen LogP contribution is -2.12. The van der Waals surface area contributed by atoms with E-state index in [0.29, 0.717) is 11.3 Å². The molecule has 1 amide bonds. The van der Waals surface area contributed by atoms with E-state index in [1.807, 2.05) is 37.3 Å². The first-order valence-electron chi connectivity index (χ1n) is 7.32. The van der Waals surface area contributed by atoms with Crippen LogP contribution in [0.1, 0.15) is 21.6 Å². The second-order valence-corrected chi connectivity index (χ2v) is 5.62. The van der Waals surface area contributed by atoms with Crippen LogP contribution in [0.5, 0.6) is 0 Å². The van der Waals surface area contributed by atoms with E-state index in [9.17, 15) is 4.79 Å². The van der Waals surface area contributed by atoms with Gasteiger partial charge in [-0.15, -0.1) is 0 Å². The molecule has 3 aromatic rings. The van der Waals surface area contributed by atoms with Gasteiger partial charge in [0.1, 0.15) is 5.65 Å². The average Bonchev–Trinajstić information content (AvgIpc) is 3.10. The molecule has 4 rings (SSSR count). The van der Waals surface area contributed by atoms with Crippen LogP contribution in [0.15, 0.2) is 36.5 Å². The number of aromatic nitrogens is 2. The van der Waals surface area contributed by atoms with Crippen LogP contribution in [0.25, 0.3) is 11.0 Å². The number of nitrogens with zero attached hydrogens (tertiary/aromatic N) is 1. The Morgan fingerprint density at radius 3 is 3.09 bits per heavy atom. The third-order valence-corrected chi connectivity index (χ3v) is 3.94. The maximum atomic E-state index is 12.4. The molecule has 1 aliphatic heterocycles. The standard InChI is InChI=1S/C17H16N4O/c1-10-6-13-8-14(9-19-16(13)20-10)21-17(22)12-2-3-15-11(7-12)4-5-18-15/h2-3,6-9,18H,4-5H2,1H3,(H,19,20)(H,21,22). The predicted octanol–water partition coefficient (Wildman–Crippen LogP) is 3.09. The molecule has 5 nitrogen and oxygen atoms in total. The average molecular weight is 292 g/mol. The van der Waals surface area contributed by atoms with Crippen molar-refractivity contribution in [1.29, 1.82) is 0 Å². The minimum atomic E-state index is -0.108. The zero-order valence-electron chi connectivity index (χ0n) is 12.2. The minimum Gasteiger partial charge on any atom is -0.384 e. The first-order valence-corrected chi connectivity index (χ1v) is 7.32. The summed E-state index contributed by atoms with van der Waals surface area (Å²) in [5.41, 5.74) is 5.59. The Balaban J connectivity index is 1.59. The summed E-state index contributed by atoms with van der Waals surface area (Å²) in [5.74, 6) is -0.108. The van der Waals surface area contributed by atoms with E-state index in [-0.39, 0.29) is 5.91 Å². The molecule has 0 atom stereocenters. The van der Waals surface area contributed by atoms with Gasteiger partial charge in [-0.25, -0.2) is 4.98 Å². The van der Waals surface area contributed by atoms with Crippen molar-refractivity contribution in [2.75, 3.05) is 17.2 Å². The van der Waals surface area contributed by atoms with Gasteiger partial charge in [-0.1, -0.05) is 0 Å². The Bertz CT molecular complexity index is 881. The largest absolute Gasteiger partial charge is 0.384 e. The fraction of sp³-hybridized carbons (Fsp3) is 0.176. The fourth-order valence-corrected chi connectivity index (χ4v) is 2.87. The Kier molecular flexibility index (Phi) is 2.85. The molecule has 0 radical (unpaired) electrons. The number of pyridine rings is 1. The van der Waals surface area contributed by atoms with Crippen molar-refractivity contribution in [3.05, 3.63) is 53.3 Å². The second kappa shape index (κ2) is 4.87. The molecule has 0 unspecified atom stereocenters. The van der Waals surface area contributed by atoms with Crippen LogP contribution in [0.3, 0.4) is 0 Å². The van der Waals surface area contributed by atoms with Crippen molar-refractivity contribution in [3.63, 3.8) is 0 Å². The van der Waals surface area contributed by atoms with Crippen molar-refractivity contribution in [3.8, 4) is 0 Å². The molecule has 1 aromatic carbocycles. The number of carbonyl (C=O) groups is 1. The van der Waals surface area contributed by atoms with E-state index in [0.717, 1.165) is 35.4 Å². The predicted molar refractivity (Wildman–Crippen MR) is 87.4 cm³/mol. The van der Waals surface area contributed by atoms with Crippen LogP contribution in [-0.4, -0.2) is 22.4 Å². The third-order valence-electron chi connectivity index (χ3n) is 3.94. The Labute approximate surface area is 127 Å². The molecule has 5 heteroatoms. The zero-order valence-corrected chi connectivity index (χ0v) is 12.2. The summed E-state index contributed by atoms with van der Waals surface area (Å²) in [6.45, 7) is 2.92. The van der Waals surface area contributed by atoms with E-state index in [4.69, 9.17) is 0 Å². The summed E-state index contributed by atoms with van der Waals surface area (Å²) in [6.07, 6.45) is 2.64. The SMILES string of the molecule is Cc1cc2cc(NC(=O)c3ccc4c(c3)CCN4)cnc2[nH]1. The first kappa shape index (κ1) is 12.9. The summed E-state index contributed by atoms with van der Waals surface area (Å²) in [6, 6.07) is 9.71. The van der Waals surface area contributed by atoms with Crippen LogP contribution >= 0.6 is 0 Å². The van der Waals surface area contributed by atoms with Gasteiger partial charge < -0.3 is 15.6 Å². The Morgan fingerprint density at radius 1 is 1.27 bits per heavy atom. The number of hydrogen-bond acceptors (Lipinski definition) is 3. The highest BCUT2D eigenvalue weighted by molar-refractivity contribution is 6.05. The molecule has 110 valence electrons. The summed E-state index contributed by atoms with van der Waals surface area (Å²) < 4.78 is 0. The Morgan fingerprint density at radius 2 is 2.18 bits per heavy atom. The van der Waals surface area contributed by atoms with Crippen molar-refractivity contribution in [1.82, 2.24) is 9.97 Å².